The molecule has 23 heavy (non-hydrogen) atoms. The summed E-state index contributed by atoms with van der Waals surface area (Å²) in [6.45, 7) is 3.91. The zero-order valence-electron chi connectivity index (χ0n) is 13.7. The number of aromatic nitrogens is 2. The number of nitrogens with zero attached hydrogens (tertiary/aromatic N) is 3. The highest BCUT2D eigenvalue weighted by molar-refractivity contribution is 5.79. The van der Waals surface area contributed by atoms with Crippen molar-refractivity contribution in [2.45, 2.75) is 26.3 Å². The van der Waals surface area contributed by atoms with Gasteiger partial charge in [0.15, 0.2) is 5.96 Å². The summed E-state index contributed by atoms with van der Waals surface area (Å²) in [6.07, 6.45) is 5.86. The fourth-order valence-electron chi connectivity index (χ4n) is 2.23. The van der Waals surface area contributed by atoms with E-state index in [4.69, 9.17) is 0 Å². The lowest BCUT2D eigenvalue weighted by atomic mass is 10.2. The molecule has 2 aromatic rings. The van der Waals surface area contributed by atoms with E-state index < -0.39 is 0 Å². The summed E-state index contributed by atoms with van der Waals surface area (Å²) >= 11 is 0. The molecule has 124 valence electrons. The van der Waals surface area contributed by atoms with Gasteiger partial charge in [-0.1, -0.05) is 18.2 Å². The molecule has 0 radical (unpaired) electrons. The molecular formula is C17H24FN5. The minimum absolute atomic E-state index is 0.219. The minimum Gasteiger partial charge on any atom is -0.357 e. The average molecular weight is 317 g/mol. The predicted octanol–water partition coefficient (Wildman–Crippen LogP) is 2.25. The Bertz CT molecular complexity index is 635. The lowest BCUT2D eigenvalue weighted by Gasteiger charge is -2.11. The second kappa shape index (κ2) is 8.92. The first-order valence-electron chi connectivity index (χ1n) is 7.92. The van der Waals surface area contributed by atoms with Crippen molar-refractivity contribution < 1.29 is 4.39 Å². The van der Waals surface area contributed by atoms with Gasteiger partial charge in [0.25, 0.3) is 0 Å². The quantitative estimate of drug-likeness (QED) is 0.468. The molecule has 0 amide bonds. The number of benzene rings is 1. The van der Waals surface area contributed by atoms with Gasteiger partial charge in [-0.25, -0.2) is 9.38 Å². The van der Waals surface area contributed by atoms with Gasteiger partial charge < -0.3 is 10.6 Å². The highest BCUT2D eigenvalue weighted by Crippen LogP contribution is 2.07. The second-order valence-electron chi connectivity index (χ2n) is 5.34. The molecule has 0 aliphatic heterocycles. The summed E-state index contributed by atoms with van der Waals surface area (Å²) in [7, 11) is 1.92. The fourth-order valence-corrected chi connectivity index (χ4v) is 2.23. The van der Waals surface area contributed by atoms with Crippen molar-refractivity contribution in [1.29, 1.82) is 0 Å². The first kappa shape index (κ1) is 17.0. The number of aliphatic imine (C=N–C) groups is 1. The van der Waals surface area contributed by atoms with E-state index in [0.29, 0.717) is 18.1 Å². The Kier molecular flexibility index (Phi) is 6.59. The zero-order valence-corrected chi connectivity index (χ0v) is 13.7. The van der Waals surface area contributed by atoms with Crippen molar-refractivity contribution in [3.8, 4) is 0 Å². The average Bonchev–Trinajstić information content (AvgIpc) is 2.96. The lowest BCUT2D eigenvalue weighted by Crippen LogP contribution is -2.37. The first-order valence-corrected chi connectivity index (χ1v) is 7.92. The largest absolute Gasteiger partial charge is 0.357 e. The highest BCUT2D eigenvalue weighted by atomic mass is 19.1. The number of hydrogen-bond acceptors (Lipinski definition) is 2. The molecule has 5 nitrogen and oxygen atoms in total. The predicted molar refractivity (Wildman–Crippen MR) is 90.7 cm³/mol. The van der Waals surface area contributed by atoms with Crippen LogP contribution in [0.3, 0.4) is 0 Å². The maximum atomic E-state index is 13.6. The topological polar surface area (TPSA) is 54.2 Å². The smallest absolute Gasteiger partial charge is 0.191 e. The van der Waals surface area contributed by atoms with E-state index in [0.717, 1.165) is 25.9 Å². The van der Waals surface area contributed by atoms with Gasteiger partial charge in [-0.15, -0.1) is 0 Å². The van der Waals surface area contributed by atoms with Gasteiger partial charge in [0.2, 0.25) is 0 Å². The third-order valence-corrected chi connectivity index (χ3v) is 3.40. The Hall–Kier alpha value is -2.37. The number of hydrogen-bond donors (Lipinski definition) is 2. The lowest BCUT2D eigenvalue weighted by molar-refractivity contribution is 0.610. The van der Waals surface area contributed by atoms with E-state index in [9.17, 15) is 4.39 Å². The molecule has 2 rings (SSSR count). The molecule has 0 aliphatic carbocycles. The summed E-state index contributed by atoms with van der Waals surface area (Å²) in [5, 5.41) is 10.6. The van der Waals surface area contributed by atoms with E-state index in [1.807, 2.05) is 37.1 Å². The van der Waals surface area contributed by atoms with Crippen LogP contribution in [0.2, 0.25) is 0 Å². The van der Waals surface area contributed by atoms with Crippen molar-refractivity contribution in [2.75, 3.05) is 13.1 Å². The number of rotatable bonds is 7. The molecule has 0 bridgehead atoms. The Morgan fingerprint density at radius 2 is 2.13 bits per heavy atom. The van der Waals surface area contributed by atoms with Crippen molar-refractivity contribution in [2.24, 2.45) is 12.0 Å². The number of guanidine groups is 1. The van der Waals surface area contributed by atoms with E-state index in [1.165, 1.54) is 11.6 Å². The van der Waals surface area contributed by atoms with Crippen molar-refractivity contribution in [3.63, 3.8) is 0 Å². The van der Waals surface area contributed by atoms with E-state index in [2.05, 4.69) is 20.7 Å². The van der Waals surface area contributed by atoms with Gasteiger partial charge in [0.05, 0.1) is 12.7 Å². The second-order valence-corrected chi connectivity index (χ2v) is 5.34. The van der Waals surface area contributed by atoms with Crippen molar-refractivity contribution >= 4 is 5.96 Å². The van der Waals surface area contributed by atoms with Crippen molar-refractivity contribution in [1.82, 2.24) is 20.4 Å². The molecule has 0 spiro atoms. The molecule has 0 atom stereocenters. The molecule has 1 heterocycles. The SMILES string of the molecule is CCNC(=NCc1ccccc1F)NCCCc1cnn(C)c1. The van der Waals surface area contributed by atoms with Crippen LogP contribution in [0, 0.1) is 5.82 Å². The Labute approximate surface area is 136 Å². The first-order chi connectivity index (χ1) is 11.2. The van der Waals surface area contributed by atoms with Crippen LogP contribution >= 0.6 is 0 Å². The fraction of sp³-hybridized carbons (Fsp3) is 0.412. The summed E-state index contributed by atoms with van der Waals surface area (Å²) in [5.74, 6) is 0.491. The van der Waals surface area contributed by atoms with Crippen LogP contribution in [-0.2, 0) is 20.0 Å². The van der Waals surface area contributed by atoms with Crippen LogP contribution in [0.25, 0.3) is 0 Å². The Morgan fingerprint density at radius 3 is 2.83 bits per heavy atom. The third kappa shape index (κ3) is 5.73. The van der Waals surface area contributed by atoms with Crippen molar-refractivity contribution in [3.05, 3.63) is 53.6 Å². The summed E-state index contributed by atoms with van der Waals surface area (Å²) in [6, 6.07) is 6.72. The summed E-state index contributed by atoms with van der Waals surface area (Å²) in [5.41, 5.74) is 1.82. The molecule has 0 fully saturated rings. The molecule has 1 aromatic carbocycles. The van der Waals surface area contributed by atoms with Gasteiger partial charge in [0, 0.05) is 31.9 Å². The standard InChI is InChI=1S/C17H24FN5/c1-3-19-17(21-12-15-8-4-5-9-16(15)18)20-10-6-7-14-11-22-23(2)13-14/h4-5,8-9,11,13H,3,6-7,10,12H2,1-2H3,(H2,19,20,21). The molecule has 0 aliphatic rings. The number of aryl methyl sites for hydroxylation is 2. The van der Waals surface area contributed by atoms with E-state index in [1.54, 1.807) is 12.1 Å². The molecule has 0 saturated carbocycles. The minimum atomic E-state index is -0.219. The molecule has 0 saturated heterocycles. The molecule has 1 aromatic heterocycles. The molecule has 6 heteroatoms. The maximum absolute atomic E-state index is 13.6. The monoisotopic (exact) mass is 317 g/mol. The Morgan fingerprint density at radius 1 is 1.30 bits per heavy atom. The van der Waals surface area contributed by atoms with Gasteiger partial charge in [0.1, 0.15) is 5.82 Å². The number of nitrogens with one attached hydrogen (secondary N) is 2. The third-order valence-electron chi connectivity index (χ3n) is 3.40. The van der Waals surface area contributed by atoms with Gasteiger partial charge in [-0.05, 0) is 31.4 Å². The van der Waals surface area contributed by atoms with Gasteiger partial charge in [-0.2, -0.15) is 5.10 Å². The zero-order chi connectivity index (χ0) is 16.5. The van der Waals surface area contributed by atoms with Gasteiger partial charge in [-0.3, -0.25) is 4.68 Å². The Balaban J connectivity index is 1.80. The maximum Gasteiger partial charge on any atom is 0.191 e. The summed E-state index contributed by atoms with van der Waals surface area (Å²) in [4.78, 5) is 4.43. The summed E-state index contributed by atoms with van der Waals surface area (Å²) < 4.78 is 15.4. The highest BCUT2D eigenvalue weighted by Gasteiger charge is 2.02. The van der Waals surface area contributed by atoms with Gasteiger partial charge >= 0.3 is 0 Å². The van der Waals surface area contributed by atoms with E-state index in [-0.39, 0.29) is 5.82 Å². The van der Waals surface area contributed by atoms with Crippen LogP contribution in [-0.4, -0.2) is 28.8 Å². The van der Waals surface area contributed by atoms with E-state index >= 15 is 0 Å². The number of halogens is 1. The normalized spacial score (nSPS) is 11.5. The molecule has 2 N–H and O–H groups in total. The van der Waals surface area contributed by atoms with Crippen LogP contribution in [0.5, 0.6) is 0 Å². The molecular weight excluding hydrogens is 293 g/mol. The van der Waals surface area contributed by atoms with Crippen LogP contribution < -0.4 is 10.6 Å². The van der Waals surface area contributed by atoms with Crippen LogP contribution in [0.15, 0.2) is 41.7 Å². The van der Waals surface area contributed by atoms with Crippen LogP contribution in [0.4, 0.5) is 4.39 Å². The molecule has 0 unspecified atom stereocenters. The van der Waals surface area contributed by atoms with Crippen LogP contribution in [0.1, 0.15) is 24.5 Å².